The van der Waals surface area contributed by atoms with E-state index in [1.165, 1.54) is 6.08 Å². The largest absolute Gasteiger partial charge is 0.395 e. The monoisotopic (exact) mass is 238 g/mol. The molecule has 1 aliphatic rings. The van der Waals surface area contributed by atoms with Crippen LogP contribution in [-0.4, -0.2) is 6.18 Å². The number of rotatable bonds is 2. The van der Waals surface area contributed by atoms with Gasteiger partial charge >= 0.3 is 6.18 Å². The Labute approximate surface area is 98.5 Å². The van der Waals surface area contributed by atoms with E-state index in [9.17, 15) is 13.2 Å². The molecule has 0 heterocycles. The summed E-state index contributed by atoms with van der Waals surface area (Å²) in [4.78, 5) is 0. The fourth-order valence-electron chi connectivity index (χ4n) is 1.87. The predicted molar refractivity (Wildman–Crippen MR) is 61.5 cm³/mol. The second-order valence-electron chi connectivity index (χ2n) is 4.18. The minimum absolute atomic E-state index is 0.0577. The van der Waals surface area contributed by atoms with Crippen LogP contribution < -0.4 is 0 Å². The lowest BCUT2D eigenvalue weighted by molar-refractivity contribution is -0.160. The normalized spacial score (nSPS) is 20.2. The standard InChI is InChI=1S/C14H13F3/c15-14(16,17)13-8-6-12(7-9-13)10-11-4-2-1-3-5-11/h1-8,13H,9-10H2. The average Bonchev–Trinajstić information content (AvgIpc) is 2.30. The third-order valence-corrected chi connectivity index (χ3v) is 2.85. The maximum absolute atomic E-state index is 12.4. The Morgan fingerprint density at radius 3 is 2.35 bits per heavy atom. The molecule has 0 amide bonds. The Morgan fingerprint density at radius 2 is 1.82 bits per heavy atom. The molecule has 1 atom stereocenters. The second-order valence-corrected chi connectivity index (χ2v) is 4.18. The summed E-state index contributed by atoms with van der Waals surface area (Å²) in [5.74, 6) is -1.32. The summed E-state index contributed by atoms with van der Waals surface area (Å²) in [6.45, 7) is 0. The summed E-state index contributed by atoms with van der Waals surface area (Å²) in [7, 11) is 0. The minimum Gasteiger partial charge on any atom is -0.170 e. The lowest BCUT2D eigenvalue weighted by atomic mass is 9.93. The molecule has 1 aliphatic carbocycles. The number of hydrogen-bond acceptors (Lipinski definition) is 0. The molecule has 0 aromatic heterocycles. The molecule has 0 N–H and O–H groups in total. The molecule has 90 valence electrons. The van der Waals surface area contributed by atoms with Crippen molar-refractivity contribution in [3.63, 3.8) is 0 Å². The van der Waals surface area contributed by atoms with E-state index in [0.29, 0.717) is 6.42 Å². The Kier molecular flexibility index (Phi) is 3.36. The maximum atomic E-state index is 12.4. The summed E-state index contributed by atoms with van der Waals surface area (Å²) in [5.41, 5.74) is 2.07. The molecule has 1 unspecified atom stereocenters. The smallest absolute Gasteiger partial charge is 0.170 e. The van der Waals surface area contributed by atoms with Crippen molar-refractivity contribution >= 4 is 0 Å². The molecule has 0 fully saturated rings. The van der Waals surface area contributed by atoms with Gasteiger partial charge in [-0.05, 0) is 24.0 Å². The molecule has 0 spiro atoms. The van der Waals surface area contributed by atoms with Gasteiger partial charge in [-0.2, -0.15) is 13.2 Å². The molecule has 0 aliphatic heterocycles. The van der Waals surface area contributed by atoms with Crippen molar-refractivity contribution in [1.82, 2.24) is 0 Å². The molecule has 0 saturated carbocycles. The third-order valence-electron chi connectivity index (χ3n) is 2.85. The highest BCUT2D eigenvalue weighted by Crippen LogP contribution is 2.33. The van der Waals surface area contributed by atoms with E-state index in [4.69, 9.17) is 0 Å². The van der Waals surface area contributed by atoms with Crippen LogP contribution in [0.5, 0.6) is 0 Å². The molecule has 0 saturated heterocycles. The van der Waals surface area contributed by atoms with E-state index >= 15 is 0 Å². The molecule has 2 rings (SSSR count). The van der Waals surface area contributed by atoms with Crippen LogP contribution in [0.4, 0.5) is 13.2 Å². The highest BCUT2D eigenvalue weighted by atomic mass is 19.4. The highest BCUT2D eigenvalue weighted by molar-refractivity contribution is 5.31. The third kappa shape index (κ3) is 3.22. The lowest BCUT2D eigenvalue weighted by Crippen LogP contribution is -2.21. The SMILES string of the molecule is FC(F)(F)C1C=CC(Cc2ccccc2)=CC1. The molecule has 0 radical (unpaired) electrons. The molecule has 0 nitrogen and oxygen atoms in total. The summed E-state index contributed by atoms with van der Waals surface area (Å²) < 4.78 is 37.2. The molecular weight excluding hydrogens is 225 g/mol. The quantitative estimate of drug-likeness (QED) is 0.720. The number of hydrogen-bond donors (Lipinski definition) is 0. The molecule has 1 aromatic rings. The van der Waals surface area contributed by atoms with E-state index in [1.807, 2.05) is 30.3 Å². The van der Waals surface area contributed by atoms with Gasteiger partial charge in [0.25, 0.3) is 0 Å². The van der Waals surface area contributed by atoms with E-state index in [1.54, 1.807) is 12.2 Å². The van der Waals surface area contributed by atoms with Crippen molar-refractivity contribution < 1.29 is 13.2 Å². The first-order chi connectivity index (χ1) is 8.05. The molecule has 17 heavy (non-hydrogen) atoms. The van der Waals surface area contributed by atoms with Crippen LogP contribution in [0.15, 0.2) is 54.1 Å². The number of benzene rings is 1. The number of allylic oxidation sites excluding steroid dienone is 4. The van der Waals surface area contributed by atoms with Crippen molar-refractivity contribution in [2.24, 2.45) is 5.92 Å². The van der Waals surface area contributed by atoms with E-state index < -0.39 is 12.1 Å². The van der Waals surface area contributed by atoms with Gasteiger partial charge in [-0.3, -0.25) is 0 Å². The van der Waals surface area contributed by atoms with Gasteiger partial charge in [-0.25, -0.2) is 0 Å². The minimum atomic E-state index is -4.12. The van der Waals surface area contributed by atoms with Crippen LogP contribution in [0, 0.1) is 5.92 Å². The molecular formula is C14H13F3. The van der Waals surface area contributed by atoms with Gasteiger partial charge in [0.1, 0.15) is 0 Å². The predicted octanol–water partition coefficient (Wildman–Crippen LogP) is 4.29. The fourth-order valence-corrected chi connectivity index (χ4v) is 1.87. The zero-order chi connectivity index (χ0) is 12.3. The Morgan fingerprint density at radius 1 is 1.12 bits per heavy atom. The zero-order valence-electron chi connectivity index (χ0n) is 9.24. The van der Waals surface area contributed by atoms with Crippen LogP contribution in [0.25, 0.3) is 0 Å². The Hall–Kier alpha value is -1.51. The van der Waals surface area contributed by atoms with Gasteiger partial charge in [0.2, 0.25) is 0 Å². The van der Waals surface area contributed by atoms with E-state index in [0.717, 1.165) is 11.1 Å². The maximum Gasteiger partial charge on any atom is 0.395 e. The summed E-state index contributed by atoms with van der Waals surface area (Å²) >= 11 is 0. The Bertz CT molecular complexity index is 427. The van der Waals surface area contributed by atoms with Gasteiger partial charge in [0.15, 0.2) is 0 Å². The first kappa shape index (κ1) is 12.0. The van der Waals surface area contributed by atoms with Crippen molar-refractivity contribution in [2.75, 3.05) is 0 Å². The van der Waals surface area contributed by atoms with Gasteiger partial charge in [0, 0.05) is 0 Å². The van der Waals surface area contributed by atoms with Crippen molar-refractivity contribution in [3.8, 4) is 0 Å². The highest BCUT2D eigenvalue weighted by Gasteiger charge is 2.37. The number of alkyl halides is 3. The zero-order valence-corrected chi connectivity index (χ0v) is 9.24. The van der Waals surface area contributed by atoms with Gasteiger partial charge in [0.05, 0.1) is 5.92 Å². The first-order valence-electron chi connectivity index (χ1n) is 5.53. The second kappa shape index (κ2) is 4.78. The van der Waals surface area contributed by atoms with Crippen molar-refractivity contribution in [1.29, 1.82) is 0 Å². The van der Waals surface area contributed by atoms with Gasteiger partial charge < -0.3 is 0 Å². The van der Waals surface area contributed by atoms with Crippen LogP contribution in [0.3, 0.4) is 0 Å². The van der Waals surface area contributed by atoms with E-state index in [-0.39, 0.29) is 6.42 Å². The summed E-state index contributed by atoms with van der Waals surface area (Å²) in [6.07, 6.45) is 1.17. The molecule has 0 bridgehead atoms. The molecule has 3 heteroatoms. The lowest BCUT2D eigenvalue weighted by Gasteiger charge is -2.19. The van der Waals surface area contributed by atoms with Crippen LogP contribution >= 0.6 is 0 Å². The Balaban J connectivity index is 1.99. The van der Waals surface area contributed by atoms with Crippen LogP contribution in [0.1, 0.15) is 12.0 Å². The summed E-state index contributed by atoms with van der Waals surface area (Å²) in [5, 5.41) is 0. The van der Waals surface area contributed by atoms with Gasteiger partial charge in [-0.1, -0.05) is 48.6 Å². The topological polar surface area (TPSA) is 0 Å². The van der Waals surface area contributed by atoms with Crippen LogP contribution in [-0.2, 0) is 6.42 Å². The first-order valence-corrected chi connectivity index (χ1v) is 5.53. The average molecular weight is 238 g/mol. The summed E-state index contributed by atoms with van der Waals surface area (Å²) in [6, 6.07) is 9.74. The fraction of sp³-hybridized carbons (Fsp3) is 0.286. The van der Waals surface area contributed by atoms with Gasteiger partial charge in [-0.15, -0.1) is 0 Å². The molecule has 1 aromatic carbocycles. The van der Waals surface area contributed by atoms with E-state index in [2.05, 4.69) is 0 Å². The van der Waals surface area contributed by atoms with Crippen molar-refractivity contribution in [3.05, 3.63) is 59.7 Å². The van der Waals surface area contributed by atoms with Crippen LogP contribution in [0.2, 0.25) is 0 Å². The van der Waals surface area contributed by atoms with Crippen molar-refractivity contribution in [2.45, 2.75) is 19.0 Å². The number of halogens is 3.